The van der Waals surface area contributed by atoms with Crippen molar-refractivity contribution < 1.29 is 4.79 Å². The van der Waals surface area contributed by atoms with E-state index in [1.165, 1.54) is 0 Å². The fourth-order valence-electron chi connectivity index (χ4n) is 2.41. The maximum atomic E-state index is 12.5. The zero-order chi connectivity index (χ0) is 16.9. The third-order valence-electron chi connectivity index (χ3n) is 3.74. The summed E-state index contributed by atoms with van der Waals surface area (Å²) in [5, 5.41) is 16.8. The molecule has 0 spiro atoms. The molecular formula is C17H16BrN5O. The van der Waals surface area contributed by atoms with Gasteiger partial charge in [0.05, 0.1) is 6.04 Å². The van der Waals surface area contributed by atoms with Gasteiger partial charge in [-0.2, -0.15) is 5.21 Å². The molecule has 3 rings (SSSR count). The molecule has 0 radical (unpaired) electrons. The molecule has 0 saturated heterocycles. The molecule has 0 aliphatic heterocycles. The number of carbonyl (C=O) groups excluding carboxylic acids is 1. The lowest BCUT2D eigenvalue weighted by Gasteiger charge is -2.17. The van der Waals surface area contributed by atoms with Gasteiger partial charge in [-0.3, -0.25) is 4.79 Å². The van der Waals surface area contributed by atoms with E-state index in [0.29, 0.717) is 11.4 Å². The number of halogens is 1. The summed E-state index contributed by atoms with van der Waals surface area (Å²) in [5.41, 5.74) is 2.48. The van der Waals surface area contributed by atoms with Gasteiger partial charge in [0.25, 0.3) is 5.91 Å². The molecule has 1 heterocycles. The fourth-order valence-corrected chi connectivity index (χ4v) is 2.68. The number of nitrogens with zero attached hydrogens (tertiary/aromatic N) is 3. The quantitative estimate of drug-likeness (QED) is 0.703. The zero-order valence-electron chi connectivity index (χ0n) is 13.0. The largest absolute Gasteiger partial charge is 0.345 e. The van der Waals surface area contributed by atoms with E-state index in [2.05, 4.69) is 41.9 Å². The topological polar surface area (TPSA) is 83.6 Å². The Bertz CT molecular complexity index is 800. The standard InChI is InChI=1S/C17H16BrN5O/c1-2-15(11-7-9-14(18)10-8-11)19-17(24)13-5-3-12(4-6-13)16-20-22-23-21-16/h3-10,15H,2H2,1H3,(H,19,24)(H,20,21,22,23)/t15-/m0/s1. The van der Waals surface area contributed by atoms with Crippen LogP contribution in [-0.4, -0.2) is 26.5 Å². The molecular weight excluding hydrogens is 370 g/mol. The van der Waals surface area contributed by atoms with E-state index in [1.54, 1.807) is 24.3 Å². The van der Waals surface area contributed by atoms with Crippen molar-refractivity contribution in [1.29, 1.82) is 0 Å². The number of H-pyrrole nitrogens is 1. The van der Waals surface area contributed by atoms with Gasteiger partial charge < -0.3 is 5.32 Å². The minimum atomic E-state index is -0.107. The molecule has 0 bridgehead atoms. The molecule has 24 heavy (non-hydrogen) atoms. The summed E-state index contributed by atoms with van der Waals surface area (Å²) in [5.74, 6) is 0.396. The van der Waals surface area contributed by atoms with Crippen molar-refractivity contribution in [2.75, 3.05) is 0 Å². The zero-order valence-corrected chi connectivity index (χ0v) is 14.6. The molecule has 7 heteroatoms. The number of amides is 1. The number of carbonyl (C=O) groups is 1. The molecule has 2 aromatic carbocycles. The first-order valence-electron chi connectivity index (χ1n) is 7.57. The number of hydrogen-bond acceptors (Lipinski definition) is 4. The number of nitrogens with one attached hydrogen (secondary N) is 2. The number of tetrazole rings is 1. The molecule has 0 saturated carbocycles. The molecule has 0 fully saturated rings. The Kier molecular flexibility index (Phi) is 5.00. The summed E-state index contributed by atoms with van der Waals surface area (Å²) < 4.78 is 1.02. The summed E-state index contributed by atoms with van der Waals surface area (Å²) in [6.07, 6.45) is 0.814. The van der Waals surface area contributed by atoms with Crippen LogP contribution < -0.4 is 5.32 Å². The molecule has 1 aromatic heterocycles. The van der Waals surface area contributed by atoms with Crippen LogP contribution in [0.1, 0.15) is 35.3 Å². The summed E-state index contributed by atoms with van der Waals surface area (Å²) in [6, 6.07) is 15.1. The van der Waals surface area contributed by atoms with E-state index < -0.39 is 0 Å². The third-order valence-corrected chi connectivity index (χ3v) is 4.27. The maximum absolute atomic E-state index is 12.5. The highest BCUT2D eigenvalue weighted by molar-refractivity contribution is 9.10. The van der Waals surface area contributed by atoms with Crippen LogP contribution in [0.2, 0.25) is 0 Å². The second kappa shape index (κ2) is 7.35. The second-order valence-corrected chi connectivity index (χ2v) is 6.21. The summed E-state index contributed by atoms with van der Waals surface area (Å²) in [7, 11) is 0. The maximum Gasteiger partial charge on any atom is 0.251 e. The Labute approximate surface area is 147 Å². The van der Waals surface area contributed by atoms with Crippen molar-refractivity contribution in [3.8, 4) is 11.4 Å². The van der Waals surface area contributed by atoms with Crippen LogP contribution in [0, 0.1) is 0 Å². The van der Waals surface area contributed by atoms with Crippen molar-refractivity contribution in [2.45, 2.75) is 19.4 Å². The lowest BCUT2D eigenvalue weighted by Crippen LogP contribution is -2.28. The van der Waals surface area contributed by atoms with Gasteiger partial charge in [0.15, 0.2) is 0 Å². The van der Waals surface area contributed by atoms with E-state index in [0.717, 1.165) is 22.0 Å². The Hall–Kier alpha value is -2.54. The van der Waals surface area contributed by atoms with Gasteiger partial charge in [-0.05, 0) is 41.5 Å². The molecule has 2 N–H and O–H groups in total. The van der Waals surface area contributed by atoms with Crippen molar-refractivity contribution >= 4 is 21.8 Å². The number of benzene rings is 2. The molecule has 6 nitrogen and oxygen atoms in total. The molecule has 1 atom stereocenters. The van der Waals surface area contributed by atoms with Crippen molar-refractivity contribution in [3.05, 3.63) is 64.1 Å². The van der Waals surface area contributed by atoms with E-state index >= 15 is 0 Å². The van der Waals surface area contributed by atoms with Gasteiger partial charge in [-0.25, -0.2) is 0 Å². The molecule has 1 amide bonds. The predicted molar refractivity (Wildman–Crippen MR) is 94.3 cm³/mol. The average Bonchev–Trinajstić information content (AvgIpc) is 3.15. The van der Waals surface area contributed by atoms with Crippen LogP contribution in [0.3, 0.4) is 0 Å². The summed E-state index contributed by atoms with van der Waals surface area (Å²) in [6.45, 7) is 2.05. The lowest BCUT2D eigenvalue weighted by atomic mass is 10.0. The number of aromatic nitrogens is 4. The normalized spacial score (nSPS) is 11.9. The molecule has 122 valence electrons. The summed E-state index contributed by atoms with van der Waals surface area (Å²) in [4.78, 5) is 12.5. The van der Waals surface area contributed by atoms with Crippen LogP contribution in [0.4, 0.5) is 0 Å². The van der Waals surface area contributed by atoms with Gasteiger partial charge >= 0.3 is 0 Å². The Morgan fingerprint density at radius 3 is 2.46 bits per heavy atom. The van der Waals surface area contributed by atoms with E-state index in [1.807, 2.05) is 31.2 Å². The molecule has 0 aliphatic rings. The van der Waals surface area contributed by atoms with Crippen LogP contribution in [0.5, 0.6) is 0 Å². The van der Waals surface area contributed by atoms with Gasteiger partial charge in [0, 0.05) is 15.6 Å². The van der Waals surface area contributed by atoms with Crippen LogP contribution in [0.25, 0.3) is 11.4 Å². The highest BCUT2D eigenvalue weighted by Crippen LogP contribution is 2.20. The summed E-state index contributed by atoms with van der Waals surface area (Å²) >= 11 is 3.42. The fraction of sp³-hybridized carbons (Fsp3) is 0.176. The van der Waals surface area contributed by atoms with Crippen molar-refractivity contribution in [3.63, 3.8) is 0 Å². The third kappa shape index (κ3) is 3.68. The molecule has 3 aromatic rings. The van der Waals surface area contributed by atoms with Gasteiger partial charge in [-0.1, -0.05) is 47.1 Å². The van der Waals surface area contributed by atoms with E-state index in [4.69, 9.17) is 0 Å². The monoisotopic (exact) mass is 385 g/mol. The number of hydrogen-bond donors (Lipinski definition) is 2. The smallest absolute Gasteiger partial charge is 0.251 e. The Morgan fingerprint density at radius 1 is 1.17 bits per heavy atom. The van der Waals surface area contributed by atoms with E-state index in [-0.39, 0.29) is 11.9 Å². The Balaban J connectivity index is 1.72. The van der Waals surface area contributed by atoms with Crippen LogP contribution >= 0.6 is 15.9 Å². The molecule has 0 aliphatic carbocycles. The Morgan fingerprint density at radius 2 is 1.88 bits per heavy atom. The first-order chi connectivity index (χ1) is 11.7. The molecule has 0 unspecified atom stereocenters. The second-order valence-electron chi connectivity index (χ2n) is 5.30. The predicted octanol–water partition coefficient (Wildman–Crippen LogP) is 3.51. The highest BCUT2D eigenvalue weighted by atomic mass is 79.9. The number of rotatable bonds is 5. The van der Waals surface area contributed by atoms with Crippen LogP contribution in [-0.2, 0) is 0 Å². The first kappa shape index (κ1) is 16.3. The van der Waals surface area contributed by atoms with Gasteiger partial charge in [0.2, 0.25) is 5.82 Å². The van der Waals surface area contributed by atoms with Crippen molar-refractivity contribution in [2.24, 2.45) is 0 Å². The van der Waals surface area contributed by atoms with Gasteiger partial charge in [-0.15, -0.1) is 10.2 Å². The number of aromatic amines is 1. The van der Waals surface area contributed by atoms with Crippen LogP contribution in [0.15, 0.2) is 53.0 Å². The SMILES string of the molecule is CC[C@H](NC(=O)c1ccc(-c2nn[nH]n2)cc1)c1ccc(Br)cc1. The van der Waals surface area contributed by atoms with E-state index in [9.17, 15) is 4.79 Å². The lowest BCUT2D eigenvalue weighted by molar-refractivity contribution is 0.0935. The minimum Gasteiger partial charge on any atom is -0.345 e. The van der Waals surface area contributed by atoms with Gasteiger partial charge in [0.1, 0.15) is 0 Å². The first-order valence-corrected chi connectivity index (χ1v) is 8.37. The highest BCUT2D eigenvalue weighted by Gasteiger charge is 2.14. The average molecular weight is 386 g/mol. The minimum absolute atomic E-state index is 0.0255. The van der Waals surface area contributed by atoms with Crippen molar-refractivity contribution in [1.82, 2.24) is 25.9 Å².